The maximum absolute atomic E-state index is 7.52. The molecule has 0 aromatic carbocycles. The van der Waals surface area contributed by atoms with Crippen LogP contribution in [0.15, 0.2) is 24.7 Å². The molecule has 2 heterocycles. The summed E-state index contributed by atoms with van der Waals surface area (Å²) in [4.78, 5) is 15.2. The number of hydrogen-bond acceptors (Lipinski definition) is 4. The van der Waals surface area contributed by atoms with Gasteiger partial charge < -0.3 is 10.4 Å². The number of rotatable bonds is 4. The van der Waals surface area contributed by atoms with Crippen molar-refractivity contribution < 1.29 is 0 Å². The largest absolute Gasteiger partial charge is 0.337 e. The third-order valence-electron chi connectivity index (χ3n) is 2.33. The summed E-state index contributed by atoms with van der Waals surface area (Å²) in [6.45, 7) is 1.93. The molecule has 0 atom stereocenters. The highest BCUT2D eigenvalue weighted by Gasteiger charge is 2.03. The molecule has 18 heavy (non-hydrogen) atoms. The van der Waals surface area contributed by atoms with Crippen LogP contribution in [0.2, 0.25) is 5.15 Å². The highest BCUT2D eigenvalue weighted by atomic mass is 35.5. The molecule has 0 aliphatic heterocycles. The van der Waals surface area contributed by atoms with Gasteiger partial charge in [-0.1, -0.05) is 18.5 Å². The number of imidazole rings is 1. The number of aromatic amines is 1. The van der Waals surface area contributed by atoms with E-state index in [2.05, 4.69) is 19.9 Å². The molecule has 5 nitrogen and oxygen atoms in total. The fraction of sp³-hybridized carbons (Fsp3) is 0.167. The van der Waals surface area contributed by atoms with Crippen LogP contribution < -0.4 is 0 Å². The number of allylic oxidation sites excluding steroid dienone is 1. The predicted molar refractivity (Wildman–Crippen MR) is 71.7 cm³/mol. The monoisotopic (exact) mass is 261 g/mol. The molecule has 6 heteroatoms. The molecule has 0 fully saturated rings. The Labute approximate surface area is 109 Å². The standard InChI is InChI=1S/C12H12ClN5/c1-2-8(14)3-4-12-15-6-10(18-12)9-5-11(13)17-7-16-9/h3-7,14H,2H2,1H3,(H,15,18)/b4-3-,14-8?. The molecule has 0 aliphatic rings. The van der Waals surface area contributed by atoms with Gasteiger partial charge in [0.15, 0.2) is 0 Å². The number of H-pyrrole nitrogens is 1. The summed E-state index contributed by atoms with van der Waals surface area (Å²) in [6, 6.07) is 1.66. The van der Waals surface area contributed by atoms with Gasteiger partial charge in [-0.3, -0.25) is 0 Å². The van der Waals surface area contributed by atoms with Crippen LogP contribution in [0.4, 0.5) is 0 Å². The molecular weight excluding hydrogens is 250 g/mol. The second-order valence-corrected chi connectivity index (χ2v) is 4.01. The average Bonchev–Trinajstić information content (AvgIpc) is 2.84. The lowest BCUT2D eigenvalue weighted by atomic mass is 10.3. The zero-order valence-electron chi connectivity index (χ0n) is 9.81. The summed E-state index contributed by atoms with van der Waals surface area (Å²) >= 11 is 5.80. The van der Waals surface area contributed by atoms with Crippen LogP contribution in [0.5, 0.6) is 0 Å². The van der Waals surface area contributed by atoms with Crippen LogP contribution in [0.1, 0.15) is 19.2 Å². The van der Waals surface area contributed by atoms with Crippen molar-refractivity contribution in [2.45, 2.75) is 13.3 Å². The molecule has 0 spiro atoms. The Hall–Kier alpha value is -2.01. The Morgan fingerprint density at radius 1 is 1.44 bits per heavy atom. The first-order valence-electron chi connectivity index (χ1n) is 5.47. The lowest BCUT2D eigenvalue weighted by Gasteiger charge is -1.95. The van der Waals surface area contributed by atoms with Crippen LogP contribution >= 0.6 is 11.6 Å². The summed E-state index contributed by atoms with van der Waals surface area (Å²) in [6.07, 6.45) is 7.26. The smallest absolute Gasteiger partial charge is 0.133 e. The minimum Gasteiger partial charge on any atom is -0.337 e. The quantitative estimate of drug-likeness (QED) is 0.656. The Morgan fingerprint density at radius 3 is 3.00 bits per heavy atom. The van der Waals surface area contributed by atoms with Gasteiger partial charge in [0.05, 0.1) is 17.6 Å². The van der Waals surface area contributed by atoms with E-state index in [-0.39, 0.29) is 0 Å². The molecule has 0 unspecified atom stereocenters. The van der Waals surface area contributed by atoms with Crippen LogP contribution in [0, 0.1) is 5.41 Å². The first-order chi connectivity index (χ1) is 8.69. The molecule has 2 rings (SSSR count). The molecule has 2 N–H and O–H groups in total. The van der Waals surface area contributed by atoms with Gasteiger partial charge in [0.2, 0.25) is 0 Å². The Balaban J connectivity index is 2.20. The summed E-state index contributed by atoms with van der Waals surface area (Å²) in [7, 11) is 0. The third kappa shape index (κ3) is 3.01. The number of hydrogen-bond donors (Lipinski definition) is 2. The van der Waals surface area contributed by atoms with Crippen LogP contribution in [0.3, 0.4) is 0 Å². The second-order valence-electron chi connectivity index (χ2n) is 3.62. The first kappa shape index (κ1) is 12.4. The van der Waals surface area contributed by atoms with E-state index in [0.29, 0.717) is 28.8 Å². The number of aromatic nitrogens is 4. The van der Waals surface area contributed by atoms with E-state index in [9.17, 15) is 0 Å². The molecule has 0 amide bonds. The van der Waals surface area contributed by atoms with Gasteiger partial charge in [0.25, 0.3) is 0 Å². The van der Waals surface area contributed by atoms with Gasteiger partial charge in [-0.25, -0.2) is 15.0 Å². The number of halogens is 1. The van der Waals surface area contributed by atoms with Gasteiger partial charge >= 0.3 is 0 Å². The summed E-state index contributed by atoms with van der Waals surface area (Å²) in [5, 5.41) is 7.91. The zero-order chi connectivity index (χ0) is 13.0. The zero-order valence-corrected chi connectivity index (χ0v) is 10.6. The van der Waals surface area contributed by atoms with E-state index in [1.54, 1.807) is 24.4 Å². The summed E-state index contributed by atoms with van der Waals surface area (Å²) < 4.78 is 0. The van der Waals surface area contributed by atoms with E-state index in [0.717, 1.165) is 5.69 Å². The fourth-order valence-corrected chi connectivity index (χ4v) is 1.48. The van der Waals surface area contributed by atoms with Gasteiger partial charge in [-0.15, -0.1) is 0 Å². The molecule has 0 aliphatic carbocycles. The van der Waals surface area contributed by atoms with Gasteiger partial charge in [-0.2, -0.15) is 0 Å². The van der Waals surface area contributed by atoms with Gasteiger partial charge in [0, 0.05) is 11.8 Å². The Morgan fingerprint density at radius 2 is 2.28 bits per heavy atom. The summed E-state index contributed by atoms with van der Waals surface area (Å²) in [5.74, 6) is 0.679. The fourth-order valence-electron chi connectivity index (χ4n) is 1.33. The van der Waals surface area contributed by atoms with E-state index in [4.69, 9.17) is 17.0 Å². The molecule has 0 saturated heterocycles. The molecule has 92 valence electrons. The molecule has 0 saturated carbocycles. The minimum absolute atomic E-state index is 0.388. The van der Waals surface area contributed by atoms with Crippen molar-refractivity contribution in [2.24, 2.45) is 0 Å². The lowest BCUT2D eigenvalue weighted by Crippen LogP contribution is -1.87. The highest BCUT2D eigenvalue weighted by molar-refractivity contribution is 6.29. The minimum atomic E-state index is 0.388. The molecular formula is C12H12ClN5. The van der Waals surface area contributed by atoms with Gasteiger partial charge in [-0.05, 0) is 18.6 Å². The van der Waals surface area contributed by atoms with Gasteiger partial charge in [0.1, 0.15) is 17.3 Å². The highest BCUT2D eigenvalue weighted by Crippen LogP contribution is 2.16. The number of nitrogens with one attached hydrogen (secondary N) is 2. The predicted octanol–water partition coefficient (Wildman–Crippen LogP) is 2.96. The molecule has 2 aromatic heterocycles. The maximum Gasteiger partial charge on any atom is 0.133 e. The van der Waals surface area contributed by atoms with Crippen molar-refractivity contribution in [1.29, 1.82) is 5.41 Å². The van der Waals surface area contributed by atoms with Crippen LogP contribution in [-0.4, -0.2) is 25.6 Å². The van der Waals surface area contributed by atoms with Crippen LogP contribution in [-0.2, 0) is 0 Å². The van der Waals surface area contributed by atoms with E-state index < -0.39 is 0 Å². The van der Waals surface area contributed by atoms with E-state index >= 15 is 0 Å². The Bertz CT molecular complexity index is 588. The van der Waals surface area contributed by atoms with Crippen molar-refractivity contribution in [1.82, 2.24) is 19.9 Å². The molecule has 0 radical (unpaired) electrons. The van der Waals surface area contributed by atoms with Crippen LogP contribution in [0.25, 0.3) is 17.5 Å². The van der Waals surface area contributed by atoms with Crippen molar-refractivity contribution in [3.05, 3.63) is 35.6 Å². The average molecular weight is 262 g/mol. The topological polar surface area (TPSA) is 78.3 Å². The second kappa shape index (κ2) is 5.55. The SMILES string of the molecule is CCC(=N)/C=C\c1ncc(-c2cc(Cl)ncn2)[nH]1. The normalized spacial score (nSPS) is 11.0. The lowest BCUT2D eigenvalue weighted by molar-refractivity contribution is 1.16. The maximum atomic E-state index is 7.52. The first-order valence-corrected chi connectivity index (χ1v) is 5.85. The molecule has 2 aromatic rings. The van der Waals surface area contributed by atoms with Crippen molar-refractivity contribution in [2.75, 3.05) is 0 Å². The van der Waals surface area contributed by atoms with E-state index in [1.807, 2.05) is 6.92 Å². The molecule has 0 bridgehead atoms. The van der Waals surface area contributed by atoms with Crippen molar-refractivity contribution >= 4 is 23.4 Å². The number of nitrogens with zero attached hydrogens (tertiary/aromatic N) is 3. The Kier molecular flexibility index (Phi) is 3.84. The summed E-state index contributed by atoms with van der Waals surface area (Å²) in [5.41, 5.74) is 2.01. The van der Waals surface area contributed by atoms with Crippen molar-refractivity contribution in [3.63, 3.8) is 0 Å². The van der Waals surface area contributed by atoms with Crippen molar-refractivity contribution in [3.8, 4) is 11.4 Å². The third-order valence-corrected chi connectivity index (χ3v) is 2.54. The van der Waals surface area contributed by atoms with E-state index in [1.165, 1.54) is 6.33 Å².